The van der Waals surface area contributed by atoms with E-state index in [4.69, 9.17) is 9.47 Å². The fourth-order valence-corrected chi connectivity index (χ4v) is 3.13. The van der Waals surface area contributed by atoms with Crippen LogP contribution in [0.25, 0.3) is 0 Å². The first kappa shape index (κ1) is 19.5. The van der Waals surface area contributed by atoms with Crippen LogP contribution in [0.1, 0.15) is 25.8 Å². The van der Waals surface area contributed by atoms with Gasteiger partial charge in [0.2, 0.25) is 0 Å². The predicted molar refractivity (Wildman–Crippen MR) is 102 cm³/mol. The first-order valence-electron chi connectivity index (χ1n) is 9.06. The third-order valence-corrected chi connectivity index (χ3v) is 4.28. The number of guanidine groups is 1. The molecule has 2 N–H and O–H groups in total. The lowest BCUT2D eigenvalue weighted by Gasteiger charge is -2.35. The fraction of sp³-hybridized carbons (Fsp3) is 0.632. The topological polar surface area (TPSA) is 58.1 Å². The van der Waals surface area contributed by atoms with Gasteiger partial charge >= 0.3 is 0 Å². The van der Waals surface area contributed by atoms with Crippen LogP contribution in [-0.4, -0.2) is 63.4 Å². The van der Waals surface area contributed by atoms with E-state index >= 15 is 0 Å². The molecule has 6 heteroatoms. The molecule has 0 spiro atoms. The Morgan fingerprint density at radius 2 is 1.88 bits per heavy atom. The van der Waals surface area contributed by atoms with Crippen LogP contribution in [-0.2, 0) is 11.3 Å². The van der Waals surface area contributed by atoms with Gasteiger partial charge in [0.1, 0.15) is 5.75 Å². The zero-order chi connectivity index (χ0) is 18.1. The molecular formula is C19H32N4O2. The van der Waals surface area contributed by atoms with Gasteiger partial charge in [-0.05, 0) is 38.0 Å². The van der Waals surface area contributed by atoms with Gasteiger partial charge in [-0.1, -0.05) is 12.1 Å². The molecule has 0 aromatic heterocycles. The van der Waals surface area contributed by atoms with Gasteiger partial charge in [0, 0.05) is 39.8 Å². The SMILES string of the molecule is CN=C(NCCCN1CC(C)OC(C)C1)NCc1ccc(OC)cc1. The molecule has 140 valence electrons. The number of nitrogens with zero attached hydrogens (tertiary/aromatic N) is 2. The molecular weight excluding hydrogens is 316 g/mol. The summed E-state index contributed by atoms with van der Waals surface area (Å²) < 4.78 is 10.9. The Balaban J connectivity index is 1.64. The molecule has 1 aromatic carbocycles. The van der Waals surface area contributed by atoms with Crippen LogP contribution in [0.15, 0.2) is 29.3 Å². The van der Waals surface area contributed by atoms with E-state index in [0.717, 1.165) is 50.9 Å². The van der Waals surface area contributed by atoms with Crippen molar-refractivity contribution in [2.75, 3.05) is 40.3 Å². The van der Waals surface area contributed by atoms with Crippen molar-refractivity contribution in [3.05, 3.63) is 29.8 Å². The van der Waals surface area contributed by atoms with Gasteiger partial charge in [-0.25, -0.2) is 0 Å². The van der Waals surface area contributed by atoms with Gasteiger partial charge in [0.15, 0.2) is 5.96 Å². The van der Waals surface area contributed by atoms with E-state index in [9.17, 15) is 0 Å². The Morgan fingerprint density at radius 3 is 2.48 bits per heavy atom. The molecule has 25 heavy (non-hydrogen) atoms. The van der Waals surface area contributed by atoms with Gasteiger partial charge in [0.25, 0.3) is 0 Å². The van der Waals surface area contributed by atoms with E-state index in [0.29, 0.717) is 12.2 Å². The summed E-state index contributed by atoms with van der Waals surface area (Å²) in [4.78, 5) is 6.76. The molecule has 0 bridgehead atoms. The Kier molecular flexibility index (Phi) is 8.01. The van der Waals surface area contributed by atoms with E-state index in [-0.39, 0.29) is 0 Å². The second-order valence-electron chi connectivity index (χ2n) is 6.57. The van der Waals surface area contributed by atoms with E-state index in [1.807, 2.05) is 12.1 Å². The van der Waals surface area contributed by atoms with Crippen molar-refractivity contribution in [1.82, 2.24) is 15.5 Å². The average Bonchev–Trinajstić information content (AvgIpc) is 2.61. The van der Waals surface area contributed by atoms with Crippen molar-refractivity contribution in [2.45, 2.75) is 39.0 Å². The number of morpholine rings is 1. The van der Waals surface area contributed by atoms with Crippen molar-refractivity contribution in [3.63, 3.8) is 0 Å². The molecule has 2 unspecified atom stereocenters. The highest BCUT2D eigenvalue weighted by Gasteiger charge is 2.21. The second-order valence-corrected chi connectivity index (χ2v) is 6.57. The minimum Gasteiger partial charge on any atom is -0.497 e. The van der Waals surface area contributed by atoms with E-state index in [1.54, 1.807) is 14.2 Å². The maximum Gasteiger partial charge on any atom is 0.191 e. The Morgan fingerprint density at radius 1 is 1.20 bits per heavy atom. The van der Waals surface area contributed by atoms with E-state index in [1.165, 1.54) is 5.56 Å². The van der Waals surface area contributed by atoms with Crippen molar-refractivity contribution >= 4 is 5.96 Å². The van der Waals surface area contributed by atoms with Crippen LogP contribution < -0.4 is 15.4 Å². The summed E-state index contributed by atoms with van der Waals surface area (Å²) in [6.45, 7) is 9.06. The van der Waals surface area contributed by atoms with Crippen LogP contribution >= 0.6 is 0 Å². The zero-order valence-electron chi connectivity index (χ0n) is 15.9. The van der Waals surface area contributed by atoms with Gasteiger partial charge < -0.3 is 20.1 Å². The van der Waals surface area contributed by atoms with Crippen LogP contribution in [0.4, 0.5) is 0 Å². The van der Waals surface area contributed by atoms with E-state index < -0.39 is 0 Å². The maximum atomic E-state index is 5.77. The summed E-state index contributed by atoms with van der Waals surface area (Å²) in [5.74, 6) is 1.71. The van der Waals surface area contributed by atoms with Crippen LogP contribution in [0.2, 0.25) is 0 Å². The molecule has 0 amide bonds. The van der Waals surface area contributed by atoms with Gasteiger partial charge in [-0.2, -0.15) is 0 Å². The number of benzene rings is 1. The fourth-order valence-electron chi connectivity index (χ4n) is 3.13. The quantitative estimate of drug-likeness (QED) is 0.447. The summed E-state index contributed by atoms with van der Waals surface area (Å²) in [6, 6.07) is 8.05. The summed E-state index contributed by atoms with van der Waals surface area (Å²) >= 11 is 0. The van der Waals surface area contributed by atoms with E-state index in [2.05, 4.69) is 46.5 Å². The molecule has 1 fully saturated rings. The van der Waals surface area contributed by atoms with Gasteiger partial charge in [-0.3, -0.25) is 9.89 Å². The van der Waals surface area contributed by atoms with Crippen LogP contribution in [0.3, 0.4) is 0 Å². The van der Waals surface area contributed by atoms with Crippen molar-refractivity contribution in [3.8, 4) is 5.75 Å². The molecule has 1 heterocycles. The summed E-state index contributed by atoms with van der Waals surface area (Å²) in [5, 5.41) is 6.72. The molecule has 1 aliphatic rings. The standard InChI is InChI=1S/C19H32N4O2/c1-15-13-23(14-16(2)25-15)11-5-10-21-19(20-3)22-12-17-6-8-18(24-4)9-7-17/h6-9,15-16H,5,10-14H2,1-4H3,(H2,20,21,22). The minimum absolute atomic E-state index is 0.329. The molecule has 0 saturated carbocycles. The molecule has 2 atom stereocenters. The number of methoxy groups -OCH3 is 1. The lowest BCUT2D eigenvalue weighted by Crippen LogP contribution is -2.46. The normalized spacial score (nSPS) is 21.8. The van der Waals surface area contributed by atoms with Crippen LogP contribution in [0.5, 0.6) is 5.75 Å². The predicted octanol–water partition coefficient (Wildman–Crippen LogP) is 1.86. The average molecular weight is 348 g/mol. The highest BCUT2D eigenvalue weighted by Crippen LogP contribution is 2.11. The molecule has 6 nitrogen and oxygen atoms in total. The van der Waals surface area contributed by atoms with Crippen molar-refractivity contribution < 1.29 is 9.47 Å². The number of nitrogens with one attached hydrogen (secondary N) is 2. The summed E-state index contributed by atoms with van der Waals surface area (Å²) in [6.07, 6.45) is 1.74. The third kappa shape index (κ3) is 6.92. The Labute approximate surface area is 151 Å². The van der Waals surface area contributed by atoms with Gasteiger partial charge in [0.05, 0.1) is 19.3 Å². The maximum absolute atomic E-state index is 5.77. The first-order chi connectivity index (χ1) is 12.1. The minimum atomic E-state index is 0.329. The summed E-state index contributed by atoms with van der Waals surface area (Å²) in [7, 11) is 3.48. The van der Waals surface area contributed by atoms with Gasteiger partial charge in [-0.15, -0.1) is 0 Å². The Hall–Kier alpha value is -1.79. The molecule has 0 aliphatic carbocycles. The van der Waals surface area contributed by atoms with Crippen LogP contribution in [0, 0.1) is 0 Å². The number of rotatable bonds is 7. The highest BCUT2D eigenvalue weighted by atomic mass is 16.5. The lowest BCUT2D eigenvalue weighted by molar-refractivity contribution is -0.0679. The number of ether oxygens (including phenoxy) is 2. The molecule has 1 saturated heterocycles. The third-order valence-electron chi connectivity index (χ3n) is 4.28. The van der Waals surface area contributed by atoms with Crippen molar-refractivity contribution in [2.24, 2.45) is 4.99 Å². The molecule has 1 aliphatic heterocycles. The Bertz CT molecular complexity index is 523. The molecule has 0 radical (unpaired) electrons. The second kappa shape index (κ2) is 10.3. The van der Waals surface area contributed by atoms with Crippen molar-refractivity contribution in [1.29, 1.82) is 0 Å². The summed E-state index contributed by atoms with van der Waals surface area (Å²) in [5.41, 5.74) is 1.19. The zero-order valence-corrected chi connectivity index (χ0v) is 15.9. The number of hydrogen-bond donors (Lipinski definition) is 2. The number of aliphatic imine (C=N–C) groups is 1. The number of hydrogen-bond acceptors (Lipinski definition) is 4. The largest absolute Gasteiger partial charge is 0.497 e. The highest BCUT2D eigenvalue weighted by molar-refractivity contribution is 5.79. The first-order valence-corrected chi connectivity index (χ1v) is 9.06. The smallest absolute Gasteiger partial charge is 0.191 e. The molecule has 2 rings (SSSR count). The lowest BCUT2D eigenvalue weighted by atomic mass is 10.2. The molecule has 1 aromatic rings. The monoisotopic (exact) mass is 348 g/mol.